The van der Waals surface area contributed by atoms with Crippen LogP contribution in [-0.2, 0) is 4.79 Å². The summed E-state index contributed by atoms with van der Waals surface area (Å²) in [6.45, 7) is 4.21. The first kappa shape index (κ1) is 15.5. The molecular weight excluding hydrogens is 284 g/mol. The van der Waals surface area contributed by atoms with Gasteiger partial charge in [-0.2, -0.15) is 0 Å². The third kappa shape index (κ3) is 3.04. The summed E-state index contributed by atoms with van der Waals surface area (Å²) in [6, 6.07) is 18.0. The zero-order chi connectivity index (χ0) is 16.4. The van der Waals surface area contributed by atoms with Crippen molar-refractivity contribution in [3.8, 4) is 0 Å². The average Bonchev–Trinajstić information content (AvgIpc) is 2.64. The van der Waals surface area contributed by atoms with E-state index in [2.05, 4.69) is 35.0 Å². The number of rotatable bonds is 2. The lowest BCUT2D eigenvalue weighted by Gasteiger charge is -2.23. The SMILES string of the molecule is C[C@@H]1C[C@@](C)(C(=O)Nc2ccccc2)C=[N+](C)c2ccccc21. The Morgan fingerprint density at radius 1 is 1.13 bits per heavy atom. The fourth-order valence-electron chi connectivity index (χ4n) is 3.47. The van der Waals surface area contributed by atoms with Crippen LogP contribution in [0.25, 0.3) is 0 Å². The lowest BCUT2D eigenvalue weighted by molar-refractivity contribution is -0.403. The smallest absolute Gasteiger partial charge is 0.240 e. The lowest BCUT2D eigenvalue weighted by Crippen LogP contribution is -2.37. The molecule has 3 rings (SSSR count). The van der Waals surface area contributed by atoms with E-state index in [1.165, 1.54) is 11.3 Å². The van der Waals surface area contributed by atoms with Gasteiger partial charge in [0.25, 0.3) is 0 Å². The lowest BCUT2D eigenvalue weighted by atomic mass is 9.80. The van der Waals surface area contributed by atoms with Crippen molar-refractivity contribution in [3.05, 3.63) is 60.2 Å². The number of carbonyl (C=O) groups is 1. The van der Waals surface area contributed by atoms with E-state index in [-0.39, 0.29) is 5.91 Å². The highest BCUT2D eigenvalue weighted by Crippen LogP contribution is 2.38. The predicted molar refractivity (Wildman–Crippen MR) is 94.6 cm³/mol. The number of anilines is 1. The molecule has 0 bridgehead atoms. The van der Waals surface area contributed by atoms with Crippen molar-refractivity contribution in [2.75, 3.05) is 12.4 Å². The number of nitrogens with zero attached hydrogens (tertiary/aromatic N) is 1. The molecule has 1 aliphatic rings. The van der Waals surface area contributed by atoms with Gasteiger partial charge in [0.05, 0.1) is 0 Å². The Kier molecular flexibility index (Phi) is 4.03. The van der Waals surface area contributed by atoms with Gasteiger partial charge in [-0.3, -0.25) is 4.79 Å². The Balaban J connectivity index is 1.93. The maximum atomic E-state index is 12.9. The Labute approximate surface area is 137 Å². The molecule has 1 amide bonds. The van der Waals surface area contributed by atoms with Gasteiger partial charge in [0.2, 0.25) is 11.6 Å². The van der Waals surface area contributed by atoms with Gasteiger partial charge in [0.1, 0.15) is 12.5 Å². The Morgan fingerprint density at radius 3 is 2.52 bits per heavy atom. The van der Waals surface area contributed by atoms with Gasteiger partial charge in [0.15, 0.2) is 6.21 Å². The van der Waals surface area contributed by atoms with Crippen LogP contribution >= 0.6 is 0 Å². The number of hydrogen-bond acceptors (Lipinski definition) is 1. The molecule has 0 spiro atoms. The van der Waals surface area contributed by atoms with Gasteiger partial charge in [-0.15, -0.1) is 0 Å². The minimum absolute atomic E-state index is 0.0372. The van der Waals surface area contributed by atoms with Crippen LogP contribution in [0.5, 0.6) is 0 Å². The maximum Gasteiger partial charge on any atom is 0.240 e. The molecular formula is C20H23N2O+. The minimum atomic E-state index is -0.553. The molecule has 0 aromatic heterocycles. The number of amides is 1. The molecule has 2 atom stereocenters. The summed E-state index contributed by atoms with van der Waals surface area (Å²) < 4.78 is 2.09. The largest absolute Gasteiger partial charge is 0.325 e. The van der Waals surface area contributed by atoms with Crippen molar-refractivity contribution in [3.63, 3.8) is 0 Å². The van der Waals surface area contributed by atoms with Gasteiger partial charge in [-0.05, 0) is 31.4 Å². The van der Waals surface area contributed by atoms with Gasteiger partial charge in [-0.25, -0.2) is 4.58 Å². The summed E-state index contributed by atoms with van der Waals surface area (Å²) in [7, 11) is 2.02. The molecule has 2 aromatic carbocycles. The van der Waals surface area contributed by atoms with Crippen molar-refractivity contribution in [1.29, 1.82) is 0 Å². The Morgan fingerprint density at radius 2 is 1.78 bits per heavy atom. The van der Waals surface area contributed by atoms with Crippen molar-refractivity contribution < 1.29 is 9.37 Å². The first-order valence-corrected chi connectivity index (χ1v) is 8.04. The van der Waals surface area contributed by atoms with Crippen LogP contribution < -0.4 is 5.32 Å². The molecule has 0 fully saturated rings. The maximum absolute atomic E-state index is 12.9. The summed E-state index contributed by atoms with van der Waals surface area (Å²) in [6.07, 6.45) is 2.83. The molecule has 1 aliphatic heterocycles. The normalized spacial score (nSPS) is 23.4. The second kappa shape index (κ2) is 5.99. The molecule has 3 heteroatoms. The van der Waals surface area contributed by atoms with Crippen LogP contribution in [0.4, 0.5) is 11.4 Å². The molecule has 1 heterocycles. The zero-order valence-electron chi connectivity index (χ0n) is 13.9. The van der Waals surface area contributed by atoms with Crippen molar-refractivity contribution >= 4 is 23.5 Å². The van der Waals surface area contributed by atoms with Crippen molar-refractivity contribution in [1.82, 2.24) is 0 Å². The second-order valence-electron chi connectivity index (χ2n) is 6.64. The molecule has 0 radical (unpaired) electrons. The van der Waals surface area contributed by atoms with Crippen molar-refractivity contribution in [2.24, 2.45) is 5.41 Å². The monoisotopic (exact) mass is 307 g/mol. The molecule has 0 aliphatic carbocycles. The molecule has 3 nitrogen and oxygen atoms in total. The topological polar surface area (TPSA) is 32.1 Å². The predicted octanol–water partition coefficient (Wildman–Crippen LogP) is 4.18. The minimum Gasteiger partial charge on any atom is -0.325 e. The molecule has 23 heavy (non-hydrogen) atoms. The quantitative estimate of drug-likeness (QED) is 0.829. The molecule has 1 N–H and O–H groups in total. The van der Waals surface area contributed by atoms with Crippen LogP contribution in [-0.4, -0.2) is 23.7 Å². The van der Waals surface area contributed by atoms with Crippen LogP contribution in [0.2, 0.25) is 0 Å². The van der Waals surface area contributed by atoms with Crippen LogP contribution in [0, 0.1) is 5.41 Å². The molecule has 0 saturated carbocycles. The summed E-state index contributed by atoms with van der Waals surface area (Å²) in [5.41, 5.74) is 2.76. The number of fused-ring (bicyclic) bond motifs is 1. The summed E-state index contributed by atoms with van der Waals surface area (Å²) in [5, 5.41) is 3.05. The third-order valence-electron chi connectivity index (χ3n) is 4.61. The fourth-order valence-corrected chi connectivity index (χ4v) is 3.47. The van der Waals surface area contributed by atoms with Gasteiger partial charge < -0.3 is 5.32 Å². The highest BCUT2D eigenvalue weighted by Gasteiger charge is 2.40. The zero-order valence-corrected chi connectivity index (χ0v) is 13.9. The summed E-state index contributed by atoms with van der Waals surface area (Å²) >= 11 is 0. The Bertz CT molecular complexity index is 751. The van der Waals surface area contributed by atoms with E-state index in [4.69, 9.17) is 0 Å². The number of para-hydroxylation sites is 2. The molecule has 2 aromatic rings. The van der Waals surface area contributed by atoms with Crippen LogP contribution in [0.3, 0.4) is 0 Å². The van der Waals surface area contributed by atoms with E-state index in [9.17, 15) is 4.79 Å². The highest BCUT2D eigenvalue weighted by molar-refractivity contribution is 6.05. The summed E-state index contributed by atoms with van der Waals surface area (Å²) in [5.74, 6) is 0.356. The highest BCUT2D eigenvalue weighted by atomic mass is 16.2. The first-order chi connectivity index (χ1) is 11.0. The van der Waals surface area contributed by atoms with E-state index < -0.39 is 5.41 Å². The van der Waals surface area contributed by atoms with E-state index in [1.54, 1.807) is 0 Å². The van der Waals surface area contributed by atoms with Gasteiger partial charge >= 0.3 is 0 Å². The van der Waals surface area contributed by atoms with E-state index in [0.29, 0.717) is 5.92 Å². The van der Waals surface area contributed by atoms with Gasteiger partial charge in [0, 0.05) is 17.3 Å². The van der Waals surface area contributed by atoms with E-state index in [0.717, 1.165) is 12.1 Å². The molecule has 118 valence electrons. The number of hydrogen-bond donors (Lipinski definition) is 1. The van der Waals surface area contributed by atoms with Gasteiger partial charge in [-0.1, -0.05) is 43.3 Å². The standard InChI is InChI=1S/C20H22N2O/c1-15-13-20(2,19(23)21-16-9-5-4-6-10-16)14-22(3)18-12-8-7-11-17(15)18/h4-12,14-15H,13H2,1-3H3/p+1/t15-,20-/m1/s1. The third-order valence-corrected chi connectivity index (χ3v) is 4.61. The number of nitrogens with one attached hydrogen (secondary N) is 1. The molecule has 0 unspecified atom stereocenters. The van der Waals surface area contributed by atoms with Crippen LogP contribution in [0.15, 0.2) is 54.6 Å². The Hall–Kier alpha value is -2.42. The first-order valence-electron chi connectivity index (χ1n) is 8.04. The van der Waals surface area contributed by atoms with Crippen LogP contribution in [0.1, 0.15) is 31.7 Å². The van der Waals surface area contributed by atoms with Crippen molar-refractivity contribution in [2.45, 2.75) is 26.2 Å². The van der Waals surface area contributed by atoms with E-state index in [1.807, 2.05) is 56.6 Å². The average molecular weight is 307 g/mol. The number of carbonyl (C=O) groups excluding carboxylic acids is 1. The fraction of sp³-hybridized carbons (Fsp3) is 0.300. The van der Waals surface area contributed by atoms with E-state index >= 15 is 0 Å². The number of benzene rings is 2. The summed E-state index contributed by atoms with van der Waals surface area (Å²) in [4.78, 5) is 12.9. The second-order valence-corrected chi connectivity index (χ2v) is 6.64. The molecule has 0 saturated heterocycles.